The summed E-state index contributed by atoms with van der Waals surface area (Å²) in [5.74, 6) is 2.07. The molecule has 3 aromatic heterocycles. The number of rotatable bonds is 4. The van der Waals surface area contributed by atoms with Crippen molar-refractivity contribution in [2.75, 3.05) is 0 Å². The number of benzene rings is 1. The standard InChI is InChI=1S/C23H24N6O/c1-14-11-23(12-14,22-26-25-13-28(22)2)16-4-3-5-17(10-16)29-21(30)20-18(8-9-24-20)19(27-29)15-6-7-15/h3-5,8-10,13-15,24H,6-7,11-12H2,1-2H3. The maximum atomic E-state index is 13.2. The molecule has 0 atom stereocenters. The third-order valence-corrected chi connectivity index (χ3v) is 6.78. The molecule has 6 rings (SSSR count). The fourth-order valence-electron chi connectivity index (χ4n) is 5.24. The third kappa shape index (κ3) is 2.44. The first-order chi connectivity index (χ1) is 14.6. The smallest absolute Gasteiger partial charge is 0.295 e. The monoisotopic (exact) mass is 400 g/mol. The molecule has 7 heteroatoms. The van der Waals surface area contributed by atoms with Gasteiger partial charge in [0, 0.05) is 24.5 Å². The van der Waals surface area contributed by atoms with Crippen LogP contribution in [0.2, 0.25) is 0 Å². The predicted octanol–water partition coefficient (Wildman–Crippen LogP) is 3.44. The van der Waals surface area contributed by atoms with Gasteiger partial charge in [0.1, 0.15) is 17.7 Å². The van der Waals surface area contributed by atoms with E-state index < -0.39 is 0 Å². The van der Waals surface area contributed by atoms with E-state index in [1.54, 1.807) is 11.0 Å². The van der Waals surface area contributed by atoms with Crippen molar-refractivity contribution in [3.8, 4) is 5.69 Å². The summed E-state index contributed by atoms with van der Waals surface area (Å²) in [5.41, 5.74) is 3.36. The Kier molecular flexibility index (Phi) is 3.61. The Labute approximate surface area is 173 Å². The Morgan fingerprint density at radius 2 is 2.03 bits per heavy atom. The second-order valence-corrected chi connectivity index (χ2v) is 9.05. The summed E-state index contributed by atoms with van der Waals surface area (Å²) in [6.07, 6.45) is 7.91. The molecule has 7 nitrogen and oxygen atoms in total. The van der Waals surface area contributed by atoms with E-state index in [1.807, 2.05) is 36.0 Å². The number of aromatic nitrogens is 6. The number of nitrogens with zero attached hydrogens (tertiary/aromatic N) is 5. The summed E-state index contributed by atoms with van der Waals surface area (Å²) in [7, 11) is 2.00. The van der Waals surface area contributed by atoms with E-state index in [-0.39, 0.29) is 11.0 Å². The quantitative estimate of drug-likeness (QED) is 0.569. The molecule has 4 aromatic rings. The summed E-state index contributed by atoms with van der Waals surface area (Å²) in [5, 5.41) is 14.3. The van der Waals surface area contributed by atoms with E-state index in [2.05, 4.69) is 34.2 Å². The van der Waals surface area contributed by atoms with Gasteiger partial charge in [0.15, 0.2) is 0 Å². The Balaban J connectivity index is 1.52. The van der Waals surface area contributed by atoms with Crippen LogP contribution < -0.4 is 5.56 Å². The first kappa shape index (κ1) is 17.6. The van der Waals surface area contributed by atoms with Crippen LogP contribution in [0.5, 0.6) is 0 Å². The number of H-pyrrole nitrogens is 1. The topological polar surface area (TPSA) is 81.4 Å². The molecule has 2 saturated carbocycles. The van der Waals surface area contributed by atoms with E-state index in [9.17, 15) is 4.79 Å². The first-order valence-corrected chi connectivity index (χ1v) is 10.6. The number of hydrogen-bond donors (Lipinski definition) is 1. The average Bonchev–Trinajstić information content (AvgIpc) is 3.27. The van der Waals surface area contributed by atoms with Gasteiger partial charge in [0.25, 0.3) is 5.56 Å². The highest BCUT2D eigenvalue weighted by molar-refractivity contribution is 5.81. The lowest BCUT2D eigenvalue weighted by molar-refractivity contribution is 0.185. The van der Waals surface area contributed by atoms with Crippen molar-refractivity contribution in [2.45, 2.75) is 43.9 Å². The van der Waals surface area contributed by atoms with E-state index in [0.717, 1.165) is 48.3 Å². The van der Waals surface area contributed by atoms with Crippen molar-refractivity contribution in [2.24, 2.45) is 13.0 Å². The third-order valence-electron chi connectivity index (χ3n) is 6.78. The lowest BCUT2D eigenvalue weighted by Gasteiger charge is -2.46. The molecular weight excluding hydrogens is 376 g/mol. The minimum atomic E-state index is -0.167. The Hall–Kier alpha value is -3.22. The largest absolute Gasteiger partial charge is 0.357 e. The van der Waals surface area contributed by atoms with Gasteiger partial charge >= 0.3 is 0 Å². The van der Waals surface area contributed by atoms with E-state index in [0.29, 0.717) is 17.4 Å². The van der Waals surface area contributed by atoms with Gasteiger partial charge in [-0.1, -0.05) is 19.1 Å². The molecule has 1 N–H and O–H groups in total. The van der Waals surface area contributed by atoms with E-state index in [1.165, 1.54) is 5.56 Å². The highest BCUT2D eigenvalue weighted by atomic mass is 16.1. The fourth-order valence-corrected chi connectivity index (χ4v) is 5.24. The second-order valence-electron chi connectivity index (χ2n) is 9.05. The van der Waals surface area contributed by atoms with Crippen molar-refractivity contribution in [3.05, 3.63) is 70.3 Å². The molecule has 0 aliphatic heterocycles. The Morgan fingerprint density at radius 1 is 1.20 bits per heavy atom. The molecule has 2 fully saturated rings. The normalized spacial score (nSPS) is 23.6. The van der Waals surface area contributed by atoms with Crippen LogP contribution in [0.3, 0.4) is 0 Å². The lowest BCUT2D eigenvalue weighted by atomic mass is 9.58. The summed E-state index contributed by atoms with van der Waals surface area (Å²) in [4.78, 5) is 16.3. The van der Waals surface area contributed by atoms with Gasteiger partial charge in [0.2, 0.25) is 0 Å². The average molecular weight is 400 g/mol. The van der Waals surface area contributed by atoms with Crippen LogP contribution in [0.4, 0.5) is 0 Å². The number of hydrogen-bond acceptors (Lipinski definition) is 4. The summed E-state index contributed by atoms with van der Waals surface area (Å²) >= 11 is 0. The summed E-state index contributed by atoms with van der Waals surface area (Å²) < 4.78 is 3.58. The molecular formula is C23H24N6O. The van der Waals surface area contributed by atoms with Gasteiger partial charge in [-0.05, 0) is 55.4 Å². The van der Waals surface area contributed by atoms with Gasteiger partial charge in [-0.2, -0.15) is 9.78 Å². The number of nitrogens with one attached hydrogen (secondary N) is 1. The molecule has 1 aromatic carbocycles. The van der Waals surface area contributed by atoms with Gasteiger partial charge in [-0.15, -0.1) is 10.2 Å². The zero-order chi connectivity index (χ0) is 20.5. The van der Waals surface area contributed by atoms with Crippen LogP contribution in [0, 0.1) is 5.92 Å². The molecule has 0 radical (unpaired) electrons. The highest BCUT2D eigenvalue weighted by Gasteiger charge is 2.48. The van der Waals surface area contributed by atoms with Gasteiger partial charge in [0.05, 0.1) is 16.8 Å². The van der Waals surface area contributed by atoms with Crippen LogP contribution >= 0.6 is 0 Å². The van der Waals surface area contributed by atoms with Crippen LogP contribution in [0.15, 0.2) is 47.7 Å². The molecule has 0 spiro atoms. The summed E-state index contributed by atoms with van der Waals surface area (Å²) in [6.45, 7) is 2.27. The molecule has 0 amide bonds. The highest BCUT2D eigenvalue weighted by Crippen LogP contribution is 2.51. The minimum Gasteiger partial charge on any atom is -0.357 e. The molecule has 0 unspecified atom stereocenters. The van der Waals surface area contributed by atoms with Crippen molar-refractivity contribution < 1.29 is 0 Å². The number of aromatic amines is 1. The number of fused-ring (bicyclic) bond motifs is 1. The predicted molar refractivity (Wildman–Crippen MR) is 114 cm³/mol. The van der Waals surface area contributed by atoms with Crippen molar-refractivity contribution in [1.29, 1.82) is 0 Å². The number of aryl methyl sites for hydroxylation is 1. The zero-order valence-electron chi connectivity index (χ0n) is 17.2. The zero-order valence-corrected chi connectivity index (χ0v) is 17.2. The lowest BCUT2D eigenvalue weighted by Crippen LogP contribution is -2.43. The molecule has 152 valence electrons. The molecule has 2 aliphatic rings. The van der Waals surface area contributed by atoms with Gasteiger partial charge in [-0.3, -0.25) is 4.79 Å². The molecule has 2 aliphatic carbocycles. The Morgan fingerprint density at radius 3 is 2.73 bits per heavy atom. The van der Waals surface area contributed by atoms with Gasteiger partial charge in [-0.25, -0.2) is 0 Å². The van der Waals surface area contributed by atoms with Crippen LogP contribution in [-0.4, -0.2) is 29.5 Å². The molecule has 3 heterocycles. The molecule has 0 saturated heterocycles. The van der Waals surface area contributed by atoms with Crippen molar-refractivity contribution in [3.63, 3.8) is 0 Å². The maximum Gasteiger partial charge on any atom is 0.295 e. The van der Waals surface area contributed by atoms with Crippen LogP contribution in [0.25, 0.3) is 16.6 Å². The molecule has 30 heavy (non-hydrogen) atoms. The van der Waals surface area contributed by atoms with Crippen molar-refractivity contribution >= 4 is 10.9 Å². The minimum absolute atomic E-state index is 0.105. The summed E-state index contributed by atoms with van der Waals surface area (Å²) in [6, 6.07) is 10.2. The van der Waals surface area contributed by atoms with Crippen molar-refractivity contribution in [1.82, 2.24) is 29.5 Å². The fraction of sp³-hybridized carbons (Fsp3) is 0.391. The first-order valence-electron chi connectivity index (χ1n) is 10.6. The van der Waals surface area contributed by atoms with Gasteiger partial charge < -0.3 is 9.55 Å². The van der Waals surface area contributed by atoms with Crippen LogP contribution in [-0.2, 0) is 12.5 Å². The second kappa shape index (κ2) is 6.14. The maximum absolute atomic E-state index is 13.2. The molecule has 0 bridgehead atoms. The van der Waals surface area contributed by atoms with E-state index >= 15 is 0 Å². The Bertz CT molecular complexity index is 1320. The van der Waals surface area contributed by atoms with E-state index in [4.69, 9.17) is 5.10 Å². The SMILES string of the molecule is CC1CC(c2cccc(-n3nc(C4CC4)c4cc[nH]c4c3=O)c2)(c2nncn2C)C1. The van der Waals surface area contributed by atoms with Crippen LogP contribution in [0.1, 0.15) is 55.6 Å².